The third-order valence-corrected chi connectivity index (χ3v) is 2.55. The molecule has 2 rings (SSSR count). The second-order valence-corrected chi connectivity index (χ2v) is 3.62. The SMILES string of the molecule is Cc1ccc(F)cc1[C@@H]1CCOC(=O)N1.Cl. The standard InChI is InChI=1S/C11H12FNO2.ClH/c1-7-2-3-8(12)6-9(7)10-4-5-15-11(14)13-10;/h2-3,6,10H,4-5H2,1H3,(H,13,14);1H/t10-;/m0./s1. The van der Waals surface area contributed by atoms with E-state index in [9.17, 15) is 9.18 Å². The molecule has 0 radical (unpaired) electrons. The van der Waals surface area contributed by atoms with Gasteiger partial charge in [-0.3, -0.25) is 0 Å². The number of benzene rings is 1. The van der Waals surface area contributed by atoms with E-state index in [2.05, 4.69) is 5.32 Å². The number of rotatable bonds is 1. The smallest absolute Gasteiger partial charge is 0.407 e. The number of ether oxygens (including phenoxy) is 1. The third-order valence-electron chi connectivity index (χ3n) is 2.55. The molecule has 1 N–H and O–H groups in total. The van der Waals surface area contributed by atoms with Crippen LogP contribution in [-0.2, 0) is 4.74 Å². The van der Waals surface area contributed by atoms with Gasteiger partial charge in [0.1, 0.15) is 5.82 Å². The average Bonchev–Trinajstić information content (AvgIpc) is 2.22. The minimum atomic E-state index is -0.435. The van der Waals surface area contributed by atoms with Crippen LogP contribution in [0.2, 0.25) is 0 Å². The molecule has 88 valence electrons. The van der Waals surface area contributed by atoms with Crippen LogP contribution in [0.15, 0.2) is 18.2 Å². The molecule has 1 aliphatic rings. The highest BCUT2D eigenvalue weighted by Gasteiger charge is 2.22. The number of nitrogens with one attached hydrogen (secondary N) is 1. The van der Waals surface area contributed by atoms with E-state index in [1.165, 1.54) is 12.1 Å². The van der Waals surface area contributed by atoms with Gasteiger partial charge in [0.05, 0.1) is 12.6 Å². The number of aryl methyl sites for hydroxylation is 1. The number of cyclic esters (lactones) is 1. The molecule has 1 saturated heterocycles. The molecule has 0 aliphatic carbocycles. The Morgan fingerprint density at radius 3 is 2.94 bits per heavy atom. The van der Waals surface area contributed by atoms with E-state index >= 15 is 0 Å². The fraction of sp³-hybridized carbons (Fsp3) is 0.364. The Balaban J connectivity index is 0.00000128. The summed E-state index contributed by atoms with van der Waals surface area (Å²) in [7, 11) is 0. The zero-order valence-electron chi connectivity index (χ0n) is 8.83. The Labute approximate surface area is 99.4 Å². The van der Waals surface area contributed by atoms with Gasteiger partial charge in [-0.1, -0.05) is 6.07 Å². The quantitative estimate of drug-likeness (QED) is 0.826. The van der Waals surface area contributed by atoms with Crippen LogP contribution in [0.4, 0.5) is 9.18 Å². The summed E-state index contributed by atoms with van der Waals surface area (Å²) in [4.78, 5) is 11.0. The summed E-state index contributed by atoms with van der Waals surface area (Å²) < 4.78 is 17.8. The molecular weight excluding hydrogens is 233 g/mol. The molecule has 0 bridgehead atoms. The van der Waals surface area contributed by atoms with Crippen molar-refractivity contribution in [3.05, 3.63) is 35.1 Å². The van der Waals surface area contributed by atoms with Crippen LogP contribution in [0.3, 0.4) is 0 Å². The van der Waals surface area contributed by atoms with E-state index in [0.717, 1.165) is 11.1 Å². The van der Waals surface area contributed by atoms with E-state index in [1.807, 2.05) is 6.92 Å². The first-order chi connectivity index (χ1) is 7.16. The van der Waals surface area contributed by atoms with Crippen LogP contribution >= 0.6 is 12.4 Å². The predicted octanol–water partition coefficient (Wildman–Crippen LogP) is 2.73. The molecule has 5 heteroatoms. The van der Waals surface area contributed by atoms with Gasteiger partial charge in [0.25, 0.3) is 0 Å². The van der Waals surface area contributed by atoms with E-state index in [1.54, 1.807) is 6.07 Å². The molecule has 16 heavy (non-hydrogen) atoms. The third kappa shape index (κ3) is 2.64. The van der Waals surface area contributed by atoms with Crippen LogP contribution in [0, 0.1) is 12.7 Å². The van der Waals surface area contributed by atoms with Crippen LogP contribution in [0.5, 0.6) is 0 Å². The van der Waals surface area contributed by atoms with Crippen molar-refractivity contribution in [2.45, 2.75) is 19.4 Å². The molecule has 1 atom stereocenters. The monoisotopic (exact) mass is 245 g/mol. The second kappa shape index (κ2) is 5.16. The van der Waals surface area contributed by atoms with E-state index in [-0.39, 0.29) is 24.3 Å². The molecule has 1 fully saturated rings. The molecule has 0 unspecified atom stereocenters. The molecule has 1 aliphatic heterocycles. The van der Waals surface area contributed by atoms with Gasteiger partial charge in [0.15, 0.2) is 0 Å². The second-order valence-electron chi connectivity index (χ2n) is 3.62. The molecule has 1 aromatic carbocycles. The Kier molecular flexibility index (Phi) is 4.12. The van der Waals surface area contributed by atoms with Gasteiger partial charge in [-0.05, 0) is 30.2 Å². The number of carbonyl (C=O) groups is 1. The minimum absolute atomic E-state index is 0. The summed E-state index contributed by atoms with van der Waals surface area (Å²) in [6, 6.07) is 4.46. The van der Waals surface area contributed by atoms with Crippen molar-refractivity contribution in [3.8, 4) is 0 Å². The summed E-state index contributed by atoms with van der Waals surface area (Å²) in [6.45, 7) is 2.28. The summed E-state index contributed by atoms with van der Waals surface area (Å²) >= 11 is 0. The zero-order chi connectivity index (χ0) is 10.8. The van der Waals surface area contributed by atoms with Crippen LogP contribution < -0.4 is 5.32 Å². The molecule has 3 nitrogen and oxygen atoms in total. The van der Waals surface area contributed by atoms with Crippen LogP contribution in [0.1, 0.15) is 23.6 Å². The van der Waals surface area contributed by atoms with Crippen molar-refractivity contribution in [2.75, 3.05) is 6.61 Å². The zero-order valence-corrected chi connectivity index (χ0v) is 9.64. The number of carbonyl (C=O) groups excluding carboxylic acids is 1. The van der Waals surface area contributed by atoms with Crippen molar-refractivity contribution in [3.63, 3.8) is 0 Å². The van der Waals surface area contributed by atoms with E-state index in [0.29, 0.717) is 13.0 Å². The van der Waals surface area contributed by atoms with Gasteiger partial charge in [-0.25, -0.2) is 9.18 Å². The summed E-state index contributed by atoms with van der Waals surface area (Å²) in [5.41, 5.74) is 1.80. The number of halogens is 2. The van der Waals surface area contributed by atoms with Gasteiger partial charge in [-0.15, -0.1) is 12.4 Å². The summed E-state index contributed by atoms with van der Waals surface area (Å²) in [6.07, 6.45) is 0.241. The maximum absolute atomic E-state index is 13.1. The van der Waals surface area contributed by atoms with Gasteiger partial charge < -0.3 is 10.1 Å². The van der Waals surface area contributed by atoms with E-state index in [4.69, 9.17) is 4.74 Å². The molecule has 0 spiro atoms. The van der Waals surface area contributed by atoms with E-state index < -0.39 is 6.09 Å². The predicted molar refractivity (Wildman–Crippen MR) is 60.2 cm³/mol. The summed E-state index contributed by atoms with van der Waals surface area (Å²) in [5.74, 6) is -0.281. The fourth-order valence-electron chi connectivity index (χ4n) is 1.75. The number of amides is 1. The normalized spacial score (nSPS) is 19.4. The maximum atomic E-state index is 13.1. The highest BCUT2D eigenvalue weighted by molar-refractivity contribution is 5.85. The summed E-state index contributed by atoms with van der Waals surface area (Å²) in [5, 5.41) is 2.67. The van der Waals surface area contributed by atoms with Crippen molar-refractivity contribution >= 4 is 18.5 Å². The van der Waals surface area contributed by atoms with Crippen molar-refractivity contribution in [1.82, 2.24) is 5.32 Å². The Morgan fingerprint density at radius 1 is 1.50 bits per heavy atom. The first-order valence-electron chi connectivity index (χ1n) is 4.86. The van der Waals surface area contributed by atoms with Crippen LogP contribution in [-0.4, -0.2) is 12.7 Å². The maximum Gasteiger partial charge on any atom is 0.407 e. The van der Waals surface area contributed by atoms with Gasteiger partial charge in [0, 0.05) is 6.42 Å². The fourth-order valence-corrected chi connectivity index (χ4v) is 1.75. The number of alkyl carbamates (subject to hydrolysis) is 1. The highest BCUT2D eigenvalue weighted by Crippen LogP contribution is 2.23. The topological polar surface area (TPSA) is 38.3 Å². The first-order valence-corrected chi connectivity index (χ1v) is 4.86. The highest BCUT2D eigenvalue weighted by atomic mass is 35.5. The number of hydrogen-bond acceptors (Lipinski definition) is 2. The van der Waals surface area contributed by atoms with Crippen molar-refractivity contribution < 1.29 is 13.9 Å². The largest absolute Gasteiger partial charge is 0.449 e. The molecule has 1 amide bonds. The lowest BCUT2D eigenvalue weighted by atomic mass is 9.98. The van der Waals surface area contributed by atoms with Gasteiger partial charge in [0.2, 0.25) is 0 Å². The van der Waals surface area contributed by atoms with Gasteiger partial charge in [-0.2, -0.15) is 0 Å². The average molecular weight is 246 g/mol. The molecule has 1 aromatic rings. The number of hydrogen-bond donors (Lipinski definition) is 1. The van der Waals surface area contributed by atoms with Crippen molar-refractivity contribution in [2.24, 2.45) is 0 Å². The lowest BCUT2D eigenvalue weighted by Crippen LogP contribution is -2.35. The van der Waals surface area contributed by atoms with Crippen molar-refractivity contribution in [1.29, 1.82) is 0 Å². The molecule has 0 aromatic heterocycles. The lowest BCUT2D eigenvalue weighted by molar-refractivity contribution is 0.115. The van der Waals surface area contributed by atoms with Gasteiger partial charge >= 0.3 is 6.09 Å². The lowest BCUT2D eigenvalue weighted by Gasteiger charge is -2.24. The molecule has 1 heterocycles. The first kappa shape index (κ1) is 12.8. The van der Waals surface area contributed by atoms with Crippen LogP contribution in [0.25, 0.3) is 0 Å². The Bertz CT molecular complexity index is 398. The molecule has 0 saturated carbocycles. The Morgan fingerprint density at radius 2 is 2.25 bits per heavy atom. The Hall–Kier alpha value is -1.29. The minimum Gasteiger partial charge on any atom is -0.449 e. The molecular formula is C11H13ClFNO2.